The fraction of sp³-hybridized carbons (Fsp3) is 0.0952. The van der Waals surface area contributed by atoms with E-state index in [-0.39, 0.29) is 21.1 Å². The molecule has 3 aromatic heterocycles. The van der Waals surface area contributed by atoms with Crippen molar-refractivity contribution >= 4 is 0 Å². The van der Waals surface area contributed by atoms with Crippen LogP contribution < -0.4 is 9.84 Å². The number of aryl methyl sites for hydroxylation is 1. The summed E-state index contributed by atoms with van der Waals surface area (Å²) in [5, 5.41) is 8.13. The van der Waals surface area contributed by atoms with E-state index in [1.807, 2.05) is 67.6 Å². The van der Waals surface area contributed by atoms with Gasteiger partial charge in [-0.3, -0.25) is 4.98 Å². The molecule has 4 aromatic rings. The first kappa shape index (κ1) is 19.0. The zero-order chi connectivity index (χ0) is 17.8. The third-order valence-electron chi connectivity index (χ3n) is 3.79. The van der Waals surface area contributed by atoms with Crippen molar-refractivity contribution in [1.82, 2.24) is 20.2 Å². The molecule has 0 atom stereocenters. The summed E-state index contributed by atoms with van der Waals surface area (Å²) in [6.45, 7) is 1.90. The van der Waals surface area contributed by atoms with Gasteiger partial charge in [-0.1, -0.05) is 23.9 Å². The van der Waals surface area contributed by atoms with Crippen molar-refractivity contribution < 1.29 is 25.8 Å². The third-order valence-corrected chi connectivity index (χ3v) is 3.79. The zero-order valence-electron chi connectivity index (χ0n) is 14.6. The molecule has 0 saturated heterocycles. The second-order valence-electron chi connectivity index (χ2n) is 5.87. The Hall–Kier alpha value is -2.78. The molecule has 0 aliphatic heterocycles. The van der Waals surface area contributed by atoms with Crippen molar-refractivity contribution in [3.8, 4) is 23.0 Å². The van der Waals surface area contributed by atoms with Gasteiger partial charge < -0.3 is 14.9 Å². The van der Waals surface area contributed by atoms with Crippen molar-refractivity contribution in [1.29, 1.82) is 0 Å². The van der Waals surface area contributed by atoms with Crippen molar-refractivity contribution in [2.75, 3.05) is 0 Å². The molecule has 136 valence electrons. The Bertz CT molecular complexity index is 1020. The maximum Gasteiger partial charge on any atom is 2.00 e. The number of aromatic nitrogens is 4. The minimum absolute atomic E-state index is 0. The van der Waals surface area contributed by atoms with E-state index in [2.05, 4.69) is 26.2 Å². The first-order valence-corrected chi connectivity index (χ1v) is 8.30. The number of benzene rings is 1. The van der Waals surface area contributed by atoms with Gasteiger partial charge >= 0.3 is 21.1 Å². The molecule has 0 amide bonds. The van der Waals surface area contributed by atoms with E-state index >= 15 is 0 Å². The summed E-state index contributed by atoms with van der Waals surface area (Å²) in [6.07, 6.45) is 2.49. The van der Waals surface area contributed by atoms with E-state index in [0.717, 1.165) is 28.3 Å². The SMILES string of the molecule is Cc1cc(-c2cccc(Oc3[c-]c(Cc4ccccn4)ccc3)n2)[n-]n1.[Pt+2]. The van der Waals surface area contributed by atoms with Gasteiger partial charge in [-0.2, -0.15) is 17.7 Å². The summed E-state index contributed by atoms with van der Waals surface area (Å²) < 4.78 is 5.89. The van der Waals surface area contributed by atoms with Gasteiger partial charge in [0.2, 0.25) is 5.88 Å². The van der Waals surface area contributed by atoms with Gasteiger partial charge in [-0.05, 0) is 31.5 Å². The Morgan fingerprint density at radius 2 is 1.93 bits per heavy atom. The van der Waals surface area contributed by atoms with Gasteiger partial charge in [-0.25, -0.2) is 4.98 Å². The minimum Gasteiger partial charge on any atom is -0.574 e. The molecule has 0 unspecified atom stereocenters. The number of nitrogens with zero attached hydrogens (tertiary/aromatic N) is 4. The standard InChI is InChI=1S/C21H16N4O.Pt/c1-15-12-20(25-24-15)19-9-5-10-21(23-19)26-18-8-4-6-16(14-18)13-17-7-2-3-11-22-17;/h2-12H,13H2,1H3;/q-2;+2. The van der Waals surface area contributed by atoms with Crippen LogP contribution in [-0.4, -0.2) is 15.1 Å². The molecule has 0 aliphatic carbocycles. The molecule has 1 aromatic carbocycles. The van der Waals surface area contributed by atoms with Crippen LogP contribution in [0.15, 0.2) is 66.9 Å². The van der Waals surface area contributed by atoms with Crippen LogP contribution in [-0.2, 0) is 27.5 Å². The van der Waals surface area contributed by atoms with Crippen LogP contribution in [0, 0.1) is 13.0 Å². The number of hydrogen-bond donors (Lipinski definition) is 0. The fourth-order valence-corrected chi connectivity index (χ4v) is 2.59. The maximum absolute atomic E-state index is 5.89. The van der Waals surface area contributed by atoms with Crippen LogP contribution in [0.3, 0.4) is 0 Å². The molecular formula is C21H16N4OPt. The average molecular weight is 535 g/mol. The van der Waals surface area contributed by atoms with Crippen LogP contribution in [0.1, 0.15) is 17.0 Å². The summed E-state index contributed by atoms with van der Waals surface area (Å²) in [4.78, 5) is 8.86. The average Bonchev–Trinajstić information content (AvgIpc) is 3.10. The van der Waals surface area contributed by atoms with E-state index in [0.29, 0.717) is 18.1 Å². The molecule has 0 saturated carbocycles. The predicted molar refractivity (Wildman–Crippen MR) is 97.9 cm³/mol. The van der Waals surface area contributed by atoms with Crippen LogP contribution in [0.4, 0.5) is 0 Å². The van der Waals surface area contributed by atoms with Gasteiger partial charge in [-0.15, -0.1) is 12.1 Å². The van der Waals surface area contributed by atoms with Crippen molar-refractivity contribution in [3.05, 3.63) is 89.9 Å². The second kappa shape index (κ2) is 8.74. The second-order valence-corrected chi connectivity index (χ2v) is 5.87. The molecule has 4 rings (SSSR count). The van der Waals surface area contributed by atoms with Crippen molar-refractivity contribution in [3.63, 3.8) is 0 Å². The minimum atomic E-state index is 0. The number of ether oxygens (including phenoxy) is 1. The Labute approximate surface area is 172 Å². The van der Waals surface area contributed by atoms with Crippen LogP contribution >= 0.6 is 0 Å². The van der Waals surface area contributed by atoms with Crippen molar-refractivity contribution in [2.24, 2.45) is 0 Å². The summed E-state index contributed by atoms with van der Waals surface area (Å²) in [6, 6.07) is 22.5. The molecule has 5 nitrogen and oxygen atoms in total. The van der Waals surface area contributed by atoms with E-state index in [1.54, 1.807) is 6.20 Å². The van der Waals surface area contributed by atoms with E-state index in [4.69, 9.17) is 4.74 Å². The van der Waals surface area contributed by atoms with Gasteiger partial charge in [0.25, 0.3) is 0 Å². The summed E-state index contributed by atoms with van der Waals surface area (Å²) >= 11 is 0. The quantitative estimate of drug-likeness (QED) is 0.362. The van der Waals surface area contributed by atoms with Gasteiger partial charge in [0, 0.05) is 29.4 Å². The molecule has 6 heteroatoms. The van der Waals surface area contributed by atoms with E-state index < -0.39 is 0 Å². The van der Waals surface area contributed by atoms with Gasteiger partial charge in [0.1, 0.15) is 0 Å². The van der Waals surface area contributed by atoms with Crippen molar-refractivity contribution in [2.45, 2.75) is 13.3 Å². The molecule has 0 spiro atoms. The fourth-order valence-electron chi connectivity index (χ4n) is 2.59. The zero-order valence-corrected chi connectivity index (χ0v) is 16.8. The maximum atomic E-state index is 5.89. The molecule has 0 fully saturated rings. The van der Waals surface area contributed by atoms with Crippen LogP contribution in [0.2, 0.25) is 0 Å². The summed E-state index contributed by atoms with van der Waals surface area (Å²) in [7, 11) is 0. The van der Waals surface area contributed by atoms with E-state index in [9.17, 15) is 0 Å². The Balaban J connectivity index is 0.00000210. The Kier molecular flexibility index (Phi) is 6.15. The topological polar surface area (TPSA) is 62.0 Å². The molecule has 0 radical (unpaired) electrons. The molecular weight excluding hydrogens is 519 g/mol. The predicted octanol–water partition coefficient (Wildman–Crippen LogP) is 3.99. The van der Waals surface area contributed by atoms with Gasteiger partial charge in [0.15, 0.2) is 0 Å². The number of pyridine rings is 2. The summed E-state index contributed by atoms with van der Waals surface area (Å²) in [5.74, 6) is 1.11. The first-order chi connectivity index (χ1) is 12.8. The summed E-state index contributed by atoms with van der Waals surface area (Å²) in [5.41, 5.74) is 4.33. The largest absolute Gasteiger partial charge is 2.00 e. The number of hydrogen-bond acceptors (Lipinski definition) is 4. The van der Waals surface area contributed by atoms with Gasteiger partial charge in [0.05, 0.1) is 5.69 Å². The molecule has 0 aliphatic rings. The smallest absolute Gasteiger partial charge is 0.574 e. The molecule has 3 heterocycles. The van der Waals surface area contributed by atoms with Crippen LogP contribution in [0.25, 0.3) is 11.4 Å². The first-order valence-electron chi connectivity index (χ1n) is 8.30. The molecule has 0 bridgehead atoms. The molecule has 27 heavy (non-hydrogen) atoms. The monoisotopic (exact) mass is 535 g/mol. The van der Waals surface area contributed by atoms with Crippen LogP contribution in [0.5, 0.6) is 11.6 Å². The number of rotatable bonds is 5. The van der Waals surface area contributed by atoms with E-state index in [1.165, 1.54) is 0 Å². The normalized spacial score (nSPS) is 10.3. The molecule has 0 N–H and O–H groups in total. The Morgan fingerprint density at radius 1 is 1.04 bits per heavy atom. The Morgan fingerprint density at radius 3 is 2.70 bits per heavy atom. The third kappa shape index (κ3) is 4.89.